The number of rotatable bonds is 6. The largest absolute Gasteiger partial charge is 0.480 e. The zero-order valence-electron chi connectivity index (χ0n) is 7.27. The number of aliphatic carboxylic acids is 1. The molecule has 0 bridgehead atoms. The smallest absolute Gasteiger partial charge is 0.378 e. The number of nitrogens with one attached hydrogen (secondary N) is 1. The van der Waals surface area contributed by atoms with Crippen LogP contribution in [0.5, 0.6) is 0 Å². The molecule has 0 spiro atoms. The van der Waals surface area contributed by atoms with Crippen LogP contribution >= 0.6 is 0 Å². The van der Waals surface area contributed by atoms with Gasteiger partial charge in [0.05, 0.1) is 0 Å². The molecule has 0 aromatic heterocycles. The van der Waals surface area contributed by atoms with Crippen LogP contribution in [0.1, 0.15) is 0 Å². The Bertz CT molecular complexity index is 212. The van der Waals surface area contributed by atoms with Crippen molar-refractivity contribution in [3.05, 3.63) is 0 Å². The second-order valence-electron chi connectivity index (χ2n) is 2.57. The lowest BCUT2D eigenvalue weighted by molar-refractivity contribution is -0.830. The number of carboxylic acid groups (broad SMARTS) is 1. The Morgan fingerprint density at radius 3 is 2.54 bits per heavy atom. The van der Waals surface area contributed by atoms with Crippen molar-refractivity contribution in [2.45, 2.75) is 0 Å². The number of quaternary nitrogens is 1. The zero-order chi connectivity index (χ0) is 10.5. The molecule has 2 atom stereocenters. The number of carboxylic acids is 1. The van der Waals surface area contributed by atoms with E-state index in [1.165, 1.54) is 7.05 Å². The van der Waals surface area contributed by atoms with Gasteiger partial charge in [0.25, 0.3) is 0 Å². The number of hydrogen-bond donors (Lipinski definition) is 4. The Labute approximate surface area is 78.5 Å². The van der Waals surface area contributed by atoms with Gasteiger partial charge in [-0.05, 0) is 0 Å². The Balaban J connectivity index is 4.24. The Morgan fingerprint density at radius 2 is 2.23 bits per heavy atom. The van der Waals surface area contributed by atoms with Crippen LogP contribution in [0.25, 0.3) is 0 Å². The first-order valence-corrected chi connectivity index (χ1v) is 4.63. The molecule has 0 aliphatic heterocycles. The minimum Gasteiger partial charge on any atom is -0.480 e. The monoisotopic (exact) mass is 212 g/mol. The normalized spacial score (nSPS) is 17.8. The van der Waals surface area contributed by atoms with Crippen molar-refractivity contribution in [3.63, 3.8) is 0 Å². The number of nitrogens with two attached hydrogens (primary N) is 1. The second-order valence-corrected chi connectivity index (χ2v) is 3.84. The lowest BCUT2D eigenvalue weighted by Crippen LogP contribution is -2.59. The molecule has 0 heterocycles. The maximum absolute atomic E-state index is 10.8. The summed E-state index contributed by atoms with van der Waals surface area (Å²) in [4.78, 5) is 10.2. The summed E-state index contributed by atoms with van der Waals surface area (Å²) in [6.07, 6.45) is 0. The molecule has 0 aliphatic rings. The lowest BCUT2D eigenvalue weighted by atomic mass is 10.6. The fraction of sp³-hybridized carbons (Fsp3) is 0.800. The molecule has 13 heavy (non-hydrogen) atoms. The van der Waals surface area contributed by atoms with Crippen LogP contribution in [0, 0.1) is 0 Å². The molecule has 0 rings (SSSR count). The molecule has 8 heteroatoms. The van der Waals surface area contributed by atoms with E-state index in [9.17, 15) is 9.00 Å². The van der Waals surface area contributed by atoms with E-state index in [1.807, 2.05) is 0 Å². The first-order valence-electron chi connectivity index (χ1n) is 3.56. The van der Waals surface area contributed by atoms with Gasteiger partial charge in [-0.2, -0.15) is 4.21 Å². The van der Waals surface area contributed by atoms with Crippen molar-refractivity contribution in [2.75, 3.05) is 26.7 Å². The van der Waals surface area contributed by atoms with Gasteiger partial charge in [-0.1, -0.05) is 0 Å². The van der Waals surface area contributed by atoms with Crippen molar-refractivity contribution in [2.24, 2.45) is 5.73 Å². The maximum atomic E-state index is 10.8. The van der Waals surface area contributed by atoms with Gasteiger partial charge in [0.2, 0.25) is 0 Å². The molecule has 0 amide bonds. The van der Waals surface area contributed by atoms with Crippen molar-refractivity contribution in [1.82, 2.24) is 5.43 Å². The molecule has 2 unspecified atom stereocenters. The number of hydrogen-bond acceptors (Lipinski definition) is 4. The van der Waals surface area contributed by atoms with Crippen LogP contribution in [0.2, 0.25) is 0 Å². The minimum absolute atomic E-state index is 0.177. The molecule has 0 saturated heterocycles. The molecule has 7 nitrogen and oxygen atoms in total. The standard InChI is InChI=1S/C5H13N3O4S/c1-8(3-2-6,13(11)12)7-4-5(9)10/h7H,2-4,6H2,1H3,(H-,9,10,11,12)/p+1. The van der Waals surface area contributed by atoms with E-state index in [4.69, 9.17) is 15.4 Å². The summed E-state index contributed by atoms with van der Waals surface area (Å²) in [5.41, 5.74) is 7.61. The molecule has 0 aromatic rings. The molecule has 0 radical (unpaired) electrons. The Hall–Kier alpha value is -0.540. The van der Waals surface area contributed by atoms with E-state index in [0.717, 1.165) is 0 Å². The van der Waals surface area contributed by atoms with Gasteiger partial charge in [-0.15, -0.1) is 9.42 Å². The van der Waals surface area contributed by atoms with Gasteiger partial charge in [0.1, 0.15) is 20.1 Å². The molecule has 0 fully saturated rings. The van der Waals surface area contributed by atoms with Crippen molar-refractivity contribution >= 4 is 17.2 Å². The Kier molecular flexibility index (Phi) is 5.03. The summed E-state index contributed by atoms with van der Waals surface area (Å²) in [6.45, 7) is -0.0192. The van der Waals surface area contributed by atoms with Crippen molar-refractivity contribution < 1.29 is 22.7 Å². The number of carbonyl (C=O) groups is 1. The lowest BCUT2D eigenvalue weighted by Gasteiger charge is -2.26. The van der Waals surface area contributed by atoms with Crippen LogP contribution in [-0.2, 0) is 16.1 Å². The third-order valence-electron chi connectivity index (χ3n) is 1.47. The second kappa shape index (κ2) is 5.25. The quantitative estimate of drug-likeness (QED) is 0.233. The molecular formula is C5H14N3O4S+. The van der Waals surface area contributed by atoms with Crippen LogP contribution in [0.3, 0.4) is 0 Å². The third kappa shape index (κ3) is 4.29. The highest BCUT2D eigenvalue weighted by atomic mass is 32.2. The highest BCUT2D eigenvalue weighted by molar-refractivity contribution is 7.73. The van der Waals surface area contributed by atoms with E-state index in [0.29, 0.717) is 0 Å². The number of likely N-dealkylation sites (N-methyl/N-ethyl adjacent to an activating group) is 1. The van der Waals surface area contributed by atoms with Gasteiger partial charge >= 0.3 is 17.2 Å². The van der Waals surface area contributed by atoms with Gasteiger partial charge in [-0.25, -0.2) is 0 Å². The van der Waals surface area contributed by atoms with Crippen LogP contribution < -0.4 is 11.2 Å². The van der Waals surface area contributed by atoms with E-state index < -0.39 is 21.2 Å². The van der Waals surface area contributed by atoms with E-state index >= 15 is 0 Å². The first kappa shape index (κ1) is 12.5. The maximum Gasteiger partial charge on any atom is 0.378 e. The average molecular weight is 212 g/mol. The molecule has 0 aromatic carbocycles. The fourth-order valence-corrected chi connectivity index (χ4v) is 1.13. The summed E-state index contributed by atoms with van der Waals surface area (Å²) < 4.78 is 19.2. The van der Waals surface area contributed by atoms with Gasteiger partial charge in [0, 0.05) is 6.54 Å². The summed E-state index contributed by atoms with van der Waals surface area (Å²) in [7, 11) is 1.39. The topological polar surface area (TPSA) is 113 Å². The average Bonchev–Trinajstić information content (AvgIpc) is 2.01. The van der Waals surface area contributed by atoms with E-state index in [-0.39, 0.29) is 19.6 Å². The highest BCUT2D eigenvalue weighted by Crippen LogP contribution is 1.98. The predicted octanol–water partition coefficient (Wildman–Crippen LogP) is -1.88. The van der Waals surface area contributed by atoms with E-state index in [1.54, 1.807) is 0 Å². The first-order chi connectivity index (χ1) is 5.92. The molecule has 0 saturated carbocycles. The van der Waals surface area contributed by atoms with Crippen molar-refractivity contribution in [1.29, 1.82) is 0 Å². The highest BCUT2D eigenvalue weighted by Gasteiger charge is 2.29. The van der Waals surface area contributed by atoms with Crippen LogP contribution in [0.15, 0.2) is 0 Å². The van der Waals surface area contributed by atoms with Crippen LogP contribution in [0.4, 0.5) is 0 Å². The minimum atomic E-state index is -2.20. The summed E-state index contributed by atoms with van der Waals surface area (Å²) in [5, 5.41) is 8.34. The Morgan fingerprint density at radius 1 is 1.69 bits per heavy atom. The predicted molar refractivity (Wildman–Crippen MR) is 46.5 cm³/mol. The van der Waals surface area contributed by atoms with Gasteiger partial charge in [-0.3, -0.25) is 9.35 Å². The molecular weight excluding hydrogens is 198 g/mol. The summed E-state index contributed by atoms with van der Waals surface area (Å²) in [6, 6.07) is 0. The van der Waals surface area contributed by atoms with Gasteiger partial charge < -0.3 is 10.8 Å². The van der Waals surface area contributed by atoms with Gasteiger partial charge in [0.15, 0.2) is 0 Å². The number of nitrogens with zero attached hydrogens (tertiary/aromatic N) is 1. The van der Waals surface area contributed by atoms with E-state index in [2.05, 4.69) is 5.43 Å². The molecule has 78 valence electrons. The molecule has 5 N–H and O–H groups in total. The summed E-state index contributed by atoms with van der Waals surface area (Å²) >= 11 is -2.20. The summed E-state index contributed by atoms with van der Waals surface area (Å²) in [5.74, 6) is -1.09. The molecule has 0 aliphatic carbocycles. The van der Waals surface area contributed by atoms with Crippen molar-refractivity contribution in [3.8, 4) is 0 Å². The van der Waals surface area contributed by atoms with Crippen LogP contribution in [-0.4, -0.2) is 50.5 Å². The SMILES string of the molecule is C[N+](CCN)(NCC(=O)O)S(=O)O. The fourth-order valence-electron chi connectivity index (χ4n) is 0.694. The zero-order valence-corrected chi connectivity index (χ0v) is 8.08. The third-order valence-corrected chi connectivity index (χ3v) is 2.47.